The van der Waals surface area contributed by atoms with Crippen LogP contribution in [0.2, 0.25) is 0 Å². The SMILES string of the molecule is Cc1cc(CNCCNC(C)(C)C)sc1Br. The normalized spacial score (nSPS) is 12.1. The Bertz CT molecular complexity index is 309. The van der Waals surface area contributed by atoms with Gasteiger partial charge in [0.1, 0.15) is 0 Å². The summed E-state index contributed by atoms with van der Waals surface area (Å²) in [6.07, 6.45) is 0. The minimum atomic E-state index is 0.213. The number of thiophene rings is 1. The van der Waals surface area contributed by atoms with Gasteiger partial charge in [-0.3, -0.25) is 0 Å². The maximum absolute atomic E-state index is 3.54. The van der Waals surface area contributed by atoms with Crippen LogP contribution in [0.25, 0.3) is 0 Å². The smallest absolute Gasteiger partial charge is 0.0730 e. The largest absolute Gasteiger partial charge is 0.311 e. The van der Waals surface area contributed by atoms with Crippen molar-refractivity contribution in [2.75, 3.05) is 13.1 Å². The van der Waals surface area contributed by atoms with E-state index in [2.05, 4.69) is 60.3 Å². The van der Waals surface area contributed by atoms with Crippen molar-refractivity contribution in [2.24, 2.45) is 0 Å². The van der Waals surface area contributed by atoms with Crippen LogP contribution < -0.4 is 10.6 Å². The molecule has 0 saturated heterocycles. The van der Waals surface area contributed by atoms with Crippen molar-refractivity contribution >= 4 is 27.3 Å². The highest BCUT2D eigenvalue weighted by molar-refractivity contribution is 9.11. The third-order valence-electron chi connectivity index (χ3n) is 2.16. The molecule has 0 bridgehead atoms. The topological polar surface area (TPSA) is 24.1 Å². The highest BCUT2D eigenvalue weighted by Gasteiger charge is 2.07. The third kappa shape index (κ3) is 5.43. The second kappa shape index (κ2) is 6.15. The molecule has 4 heteroatoms. The zero-order valence-corrected chi connectivity index (χ0v) is 12.9. The number of hydrogen-bond acceptors (Lipinski definition) is 3. The molecule has 0 aliphatic rings. The zero-order valence-electron chi connectivity index (χ0n) is 10.5. The monoisotopic (exact) mass is 304 g/mol. The van der Waals surface area contributed by atoms with Crippen molar-refractivity contribution in [2.45, 2.75) is 39.8 Å². The van der Waals surface area contributed by atoms with Gasteiger partial charge in [0.05, 0.1) is 3.79 Å². The summed E-state index contributed by atoms with van der Waals surface area (Å²) >= 11 is 5.35. The lowest BCUT2D eigenvalue weighted by Crippen LogP contribution is -2.40. The molecule has 0 aromatic carbocycles. The van der Waals surface area contributed by atoms with E-state index in [-0.39, 0.29) is 5.54 Å². The van der Waals surface area contributed by atoms with Crippen molar-refractivity contribution in [1.82, 2.24) is 10.6 Å². The molecule has 16 heavy (non-hydrogen) atoms. The highest BCUT2D eigenvalue weighted by Crippen LogP contribution is 2.26. The first kappa shape index (κ1) is 14.2. The van der Waals surface area contributed by atoms with E-state index < -0.39 is 0 Å². The van der Waals surface area contributed by atoms with E-state index in [1.54, 1.807) is 0 Å². The van der Waals surface area contributed by atoms with Crippen LogP contribution in [0.3, 0.4) is 0 Å². The molecule has 1 aromatic heterocycles. The summed E-state index contributed by atoms with van der Waals surface area (Å²) in [4.78, 5) is 1.39. The molecule has 2 nitrogen and oxygen atoms in total. The van der Waals surface area contributed by atoms with Crippen molar-refractivity contribution in [3.63, 3.8) is 0 Å². The summed E-state index contributed by atoms with van der Waals surface area (Å²) < 4.78 is 1.25. The van der Waals surface area contributed by atoms with Gasteiger partial charge in [0.2, 0.25) is 0 Å². The third-order valence-corrected chi connectivity index (χ3v) is 4.30. The van der Waals surface area contributed by atoms with E-state index >= 15 is 0 Å². The molecule has 1 rings (SSSR count). The predicted molar refractivity (Wildman–Crippen MR) is 76.2 cm³/mol. The van der Waals surface area contributed by atoms with Crippen molar-refractivity contribution in [3.05, 3.63) is 20.3 Å². The summed E-state index contributed by atoms with van der Waals surface area (Å²) in [5, 5.41) is 6.90. The lowest BCUT2D eigenvalue weighted by Gasteiger charge is -2.20. The van der Waals surface area contributed by atoms with Gasteiger partial charge in [-0.2, -0.15) is 0 Å². The summed E-state index contributed by atoms with van der Waals surface area (Å²) in [7, 11) is 0. The lowest BCUT2D eigenvalue weighted by atomic mass is 10.1. The molecule has 1 aromatic rings. The van der Waals surface area contributed by atoms with Crippen molar-refractivity contribution < 1.29 is 0 Å². The summed E-state index contributed by atoms with van der Waals surface area (Å²) in [5.74, 6) is 0. The Morgan fingerprint density at radius 2 is 2.00 bits per heavy atom. The predicted octanol–water partition coefficient (Wildman–Crippen LogP) is 3.30. The van der Waals surface area contributed by atoms with E-state index in [1.807, 2.05) is 11.3 Å². The second-order valence-electron chi connectivity index (χ2n) is 5.02. The Morgan fingerprint density at radius 3 is 2.50 bits per heavy atom. The standard InChI is InChI=1S/C12H21BrN2S/c1-9-7-10(16-11(9)13)8-14-5-6-15-12(2,3)4/h7,14-15H,5-6,8H2,1-4H3. The molecule has 0 unspecified atom stereocenters. The molecule has 0 saturated carbocycles. The molecule has 92 valence electrons. The Kier molecular flexibility index (Phi) is 5.44. The number of hydrogen-bond donors (Lipinski definition) is 2. The fraction of sp³-hybridized carbons (Fsp3) is 0.667. The molecule has 1 heterocycles. The minimum absolute atomic E-state index is 0.213. The first-order valence-electron chi connectivity index (χ1n) is 5.59. The van der Waals surface area contributed by atoms with Crippen LogP contribution in [-0.4, -0.2) is 18.6 Å². The molecule has 0 aliphatic carbocycles. The maximum atomic E-state index is 3.54. The van der Waals surface area contributed by atoms with Crippen LogP contribution >= 0.6 is 27.3 Å². The average Bonchev–Trinajstić information content (AvgIpc) is 2.44. The first-order chi connectivity index (χ1) is 7.38. The maximum Gasteiger partial charge on any atom is 0.0730 e. The van der Waals surface area contributed by atoms with E-state index in [9.17, 15) is 0 Å². The summed E-state index contributed by atoms with van der Waals surface area (Å²) in [6, 6.07) is 2.24. The van der Waals surface area contributed by atoms with Gasteiger partial charge in [-0.05, 0) is 55.3 Å². The Labute approximate surface area is 111 Å². The zero-order chi connectivity index (χ0) is 12.2. The van der Waals surface area contributed by atoms with E-state index in [0.717, 1.165) is 19.6 Å². The summed E-state index contributed by atoms with van der Waals surface area (Å²) in [5.41, 5.74) is 1.54. The molecule has 0 amide bonds. The van der Waals surface area contributed by atoms with Gasteiger partial charge in [0, 0.05) is 30.1 Å². The minimum Gasteiger partial charge on any atom is -0.311 e. The number of halogens is 1. The molecule has 0 atom stereocenters. The van der Waals surface area contributed by atoms with E-state index in [1.165, 1.54) is 14.2 Å². The summed E-state index contributed by atoms with van der Waals surface area (Å²) in [6.45, 7) is 11.7. The Morgan fingerprint density at radius 1 is 1.31 bits per heavy atom. The van der Waals surface area contributed by atoms with Gasteiger partial charge in [-0.15, -0.1) is 11.3 Å². The fourth-order valence-corrected chi connectivity index (χ4v) is 2.95. The number of aryl methyl sites for hydroxylation is 1. The Hall–Kier alpha value is 0.100. The van der Waals surface area contributed by atoms with Gasteiger partial charge < -0.3 is 10.6 Å². The van der Waals surface area contributed by atoms with Crippen LogP contribution in [0.5, 0.6) is 0 Å². The molecular formula is C12H21BrN2S. The van der Waals surface area contributed by atoms with Crippen LogP contribution in [-0.2, 0) is 6.54 Å². The molecule has 0 spiro atoms. The Balaban J connectivity index is 2.16. The van der Waals surface area contributed by atoms with Crippen molar-refractivity contribution in [3.8, 4) is 0 Å². The van der Waals surface area contributed by atoms with Gasteiger partial charge in [-0.1, -0.05) is 0 Å². The van der Waals surface area contributed by atoms with Crippen LogP contribution in [0.15, 0.2) is 9.85 Å². The molecule has 2 N–H and O–H groups in total. The number of nitrogens with one attached hydrogen (secondary N) is 2. The van der Waals surface area contributed by atoms with Gasteiger partial charge in [0.25, 0.3) is 0 Å². The molecular weight excluding hydrogens is 284 g/mol. The molecule has 0 aliphatic heterocycles. The molecule has 0 fully saturated rings. The fourth-order valence-electron chi connectivity index (χ4n) is 1.35. The van der Waals surface area contributed by atoms with E-state index in [0.29, 0.717) is 0 Å². The van der Waals surface area contributed by atoms with Crippen LogP contribution in [0.4, 0.5) is 0 Å². The van der Waals surface area contributed by atoms with Crippen LogP contribution in [0.1, 0.15) is 31.2 Å². The first-order valence-corrected chi connectivity index (χ1v) is 7.20. The van der Waals surface area contributed by atoms with Crippen molar-refractivity contribution in [1.29, 1.82) is 0 Å². The quantitative estimate of drug-likeness (QED) is 0.816. The number of rotatable bonds is 5. The highest BCUT2D eigenvalue weighted by atomic mass is 79.9. The average molecular weight is 305 g/mol. The molecule has 0 radical (unpaired) electrons. The van der Waals surface area contributed by atoms with Gasteiger partial charge >= 0.3 is 0 Å². The van der Waals surface area contributed by atoms with Gasteiger partial charge in [-0.25, -0.2) is 0 Å². The second-order valence-corrected chi connectivity index (χ2v) is 7.48. The van der Waals surface area contributed by atoms with Gasteiger partial charge in [0.15, 0.2) is 0 Å². The lowest BCUT2D eigenvalue weighted by molar-refractivity contribution is 0.422. The van der Waals surface area contributed by atoms with E-state index in [4.69, 9.17) is 0 Å². The van der Waals surface area contributed by atoms with Crippen LogP contribution in [0, 0.1) is 6.92 Å².